The Morgan fingerprint density at radius 3 is 2.95 bits per heavy atom. The van der Waals surface area contributed by atoms with E-state index in [1.165, 1.54) is 5.56 Å². The Morgan fingerprint density at radius 2 is 2.16 bits per heavy atom. The van der Waals surface area contributed by atoms with E-state index in [0.717, 1.165) is 37.6 Å². The second-order valence-electron chi connectivity index (χ2n) is 4.23. The number of rotatable bonds is 7. The number of benzene rings is 1. The fourth-order valence-corrected chi connectivity index (χ4v) is 2.02. The van der Waals surface area contributed by atoms with Crippen molar-refractivity contribution in [3.63, 3.8) is 0 Å². The van der Waals surface area contributed by atoms with Gasteiger partial charge in [0.05, 0.1) is 13.7 Å². The van der Waals surface area contributed by atoms with Gasteiger partial charge in [0.1, 0.15) is 17.9 Å². The molecule has 0 aliphatic rings. The van der Waals surface area contributed by atoms with Gasteiger partial charge < -0.3 is 10.1 Å². The maximum absolute atomic E-state index is 5.33. The summed E-state index contributed by atoms with van der Waals surface area (Å²) >= 11 is 0. The van der Waals surface area contributed by atoms with Crippen LogP contribution in [0.5, 0.6) is 5.75 Å². The topological polar surface area (TPSA) is 52.0 Å². The number of para-hydroxylation sites is 1. The van der Waals surface area contributed by atoms with Crippen LogP contribution in [0, 0.1) is 0 Å². The normalized spacial score (nSPS) is 10.6. The minimum Gasteiger partial charge on any atom is -0.496 e. The van der Waals surface area contributed by atoms with Gasteiger partial charge in [0.2, 0.25) is 0 Å². The molecule has 0 spiro atoms. The predicted octanol–water partition coefficient (Wildman–Crippen LogP) is 1.64. The largest absolute Gasteiger partial charge is 0.496 e. The summed E-state index contributed by atoms with van der Waals surface area (Å²) in [6.07, 6.45) is 2.53. The van der Waals surface area contributed by atoms with Gasteiger partial charge in [0.15, 0.2) is 0 Å². The van der Waals surface area contributed by atoms with Gasteiger partial charge in [0.25, 0.3) is 0 Å². The van der Waals surface area contributed by atoms with Crippen LogP contribution in [0.25, 0.3) is 0 Å². The summed E-state index contributed by atoms with van der Waals surface area (Å²) in [5, 5.41) is 7.53. The zero-order chi connectivity index (χ0) is 13.5. The minimum absolute atomic E-state index is 0.739. The SMILES string of the molecule is CCn1ncnc1CNCCc1ccccc1OC. The Labute approximate surface area is 113 Å². The summed E-state index contributed by atoms with van der Waals surface area (Å²) in [4.78, 5) is 4.23. The van der Waals surface area contributed by atoms with Gasteiger partial charge in [-0.25, -0.2) is 9.67 Å². The lowest BCUT2D eigenvalue weighted by Crippen LogP contribution is -2.20. The quantitative estimate of drug-likeness (QED) is 0.769. The number of nitrogens with one attached hydrogen (secondary N) is 1. The first-order chi connectivity index (χ1) is 9.35. The summed E-state index contributed by atoms with van der Waals surface area (Å²) in [6.45, 7) is 4.54. The molecule has 0 saturated heterocycles. The van der Waals surface area contributed by atoms with Crippen LogP contribution in [0.3, 0.4) is 0 Å². The maximum Gasteiger partial charge on any atom is 0.140 e. The number of hydrogen-bond acceptors (Lipinski definition) is 4. The van der Waals surface area contributed by atoms with Crippen LogP contribution < -0.4 is 10.1 Å². The van der Waals surface area contributed by atoms with Gasteiger partial charge in [-0.1, -0.05) is 18.2 Å². The van der Waals surface area contributed by atoms with Crippen LogP contribution in [0.4, 0.5) is 0 Å². The summed E-state index contributed by atoms with van der Waals surface area (Å²) in [7, 11) is 1.70. The lowest BCUT2D eigenvalue weighted by atomic mass is 10.1. The molecule has 0 radical (unpaired) electrons. The molecular weight excluding hydrogens is 240 g/mol. The van der Waals surface area contributed by atoms with Gasteiger partial charge in [-0.2, -0.15) is 5.10 Å². The van der Waals surface area contributed by atoms with Crippen LogP contribution in [-0.2, 0) is 19.5 Å². The molecule has 0 fully saturated rings. The van der Waals surface area contributed by atoms with Crippen molar-refractivity contribution < 1.29 is 4.74 Å². The van der Waals surface area contributed by atoms with E-state index >= 15 is 0 Å². The van der Waals surface area contributed by atoms with Crippen molar-refractivity contribution in [1.29, 1.82) is 0 Å². The van der Waals surface area contributed by atoms with Gasteiger partial charge in [-0.3, -0.25) is 0 Å². The average molecular weight is 260 g/mol. The molecule has 0 amide bonds. The van der Waals surface area contributed by atoms with E-state index in [2.05, 4.69) is 28.4 Å². The minimum atomic E-state index is 0.739. The molecule has 1 heterocycles. The first kappa shape index (κ1) is 13.5. The van der Waals surface area contributed by atoms with Crippen LogP contribution in [-0.4, -0.2) is 28.4 Å². The third-order valence-corrected chi connectivity index (χ3v) is 3.04. The Balaban J connectivity index is 1.81. The van der Waals surface area contributed by atoms with Gasteiger partial charge in [-0.05, 0) is 31.5 Å². The number of methoxy groups -OCH3 is 1. The van der Waals surface area contributed by atoms with E-state index in [0.29, 0.717) is 0 Å². The fraction of sp³-hybridized carbons (Fsp3) is 0.429. The van der Waals surface area contributed by atoms with Crippen LogP contribution >= 0.6 is 0 Å². The molecule has 0 aliphatic carbocycles. The lowest BCUT2D eigenvalue weighted by Gasteiger charge is -2.09. The molecule has 5 heteroatoms. The van der Waals surface area contributed by atoms with Crippen molar-refractivity contribution in [2.75, 3.05) is 13.7 Å². The highest BCUT2D eigenvalue weighted by Crippen LogP contribution is 2.17. The molecule has 102 valence electrons. The highest BCUT2D eigenvalue weighted by molar-refractivity contribution is 5.33. The molecule has 2 aromatic rings. The molecule has 19 heavy (non-hydrogen) atoms. The molecule has 0 aliphatic heterocycles. The molecule has 1 aromatic heterocycles. The van der Waals surface area contributed by atoms with Crippen molar-refractivity contribution in [2.24, 2.45) is 0 Å². The van der Waals surface area contributed by atoms with Gasteiger partial charge in [0, 0.05) is 6.54 Å². The molecule has 0 atom stereocenters. The van der Waals surface area contributed by atoms with Crippen molar-refractivity contribution in [2.45, 2.75) is 26.4 Å². The molecule has 0 saturated carbocycles. The second-order valence-corrected chi connectivity index (χ2v) is 4.23. The summed E-state index contributed by atoms with van der Waals surface area (Å²) in [5.41, 5.74) is 1.22. The van der Waals surface area contributed by atoms with Crippen molar-refractivity contribution in [3.05, 3.63) is 42.0 Å². The Bertz CT molecular complexity index is 510. The zero-order valence-electron chi connectivity index (χ0n) is 11.5. The monoisotopic (exact) mass is 260 g/mol. The zero-order valence-corrected chi connectivity index (χ0v) is 11.5. The van der Waals surface area contributed by atoms with Gasteiger partial charge >= 0.3 is 0 Å². The summed E-state index contributed by atoms with van der Waals surface area (Å²) in [6, 6.07) is 8.10. The van der Waals surface area contributed by atoms with E-state index in [1.807, 2.05) is 22.9 Å². The van der Waals surface area contributed by atoms with Crippen LogP contribution in [0.15, 0.2) is 30.6 Å². The third kappa shape index (κ3) is 3.54. The first-order valence-electron chi connectivity index (χ1n) is 6.54. The van der Waals surface area contributed by atoms with Crippen molar-refractivity contribution in [3.8, 4) is 5.75 Å². The standard InChI is InChI=1S/C14H20N4O/c1-3-18-14(16-11-17-18)10-15-9-8-12-6-4-5-7-13(12)19-2/h4-7,11,15H,3,8-10H2,1-2H3. The van der Waals surface area contributed by atoms with E-state index in [-0.39, 0.29) is 0 Å². The van der Waals surface area contributed by atoms with E-state index in [1.54, 1.807) is 13.4 Å². The maximum atomic E-state index is 5.33. The number of ether oxygens (including phenoxy) is 1. The van der Waals surface area contributed by atoms with Crippen LogP contribution in [0.2, 0.25) is 0 Å². The van der Waals surface area contributed by atoms with E-state index < -0.39 is 0 Å². The van der Waals surface area contributed by atoms with Gasteiger partial charge in [-0.15, -0.1) is 0 Å². The predicted molar refractivity (Wildman–Crippen MR) is 74.1 cm³/mol. The number of aromatic nitrogens is 3. The fourth-order valence-electron chi connectivity index (χ4n) is 2.02. The number of nitrogens with zero attached hydrogens (tertiary/aromatic N) is 3. The molecule has 2 rings (SSSR count). The molecular formula is C14H20N4O. The highest BCUT2D eigenvalue weighted by Gasteiger charge is 2.03. The van der Waals surface area contributed by atoms with E-state index in [9.17, 15) is 0 Å². The summed E-state index contributed by atoms with van der Waals surface area (Å²) in [5.74, 6) is 1.92. The van der Waals surface area contributed by atoms with Crippen LogP contribution in [0.1, 0.15) is 18.3 Å². The second kappa shape index (κ2) is 6.89. The molecule has 5 nitrogen and oxygen atoms in total. The Morgan fingerprint density at radius 1 is 1.32 bits per heavy atom. The number of hydrogen-bond donors (Lipinski definition) is 1. The average Bonchev–Trinajstić information content (AvgIpc) is 2.91. The van der Waals surface area contributed by atoms with Crippen molar-refractivity contribution in [1.82, 2.24) is 20.1 Å². The van der Waals surface area contributed by atoms with E-state index in [4.69, 9.17) is 4.74 Å². The molecule has 1 aromatic carbocycles. The Hall–Kier alpha value is -1.88. The number of aryl methyl sites for hydroxylation is 1. The highest BCUT2D eigenvalue weighted by atomic mass is 16.5. The lowest BCUT2D eigenvalue weighted by molar-refractivity contribution is 0.409. The molecule has 0 bridgehead atoms. The first-order valence-corrected chi connectivity index (χ1v) is 6.54. The third-order valence-electron chi connectivity index (χ3n) is 3.04. The summed E-state index contributed by atoms with van der Waals surface area (Å²) < 4.78 is 7.23. The Kier molecular flexibility index (Phi) is 4.92. The smallest absolute Gasteiger partial charge is 0.140 e. The molecule has 1 N–H and O–H groups in total. The van der Waals surface area contributed by atoms with Crippen molar-refractivity contribution >= 4 is 0 Å². The molecule has 0 unspecified atom stereocenters.